The highest BCUT2D eigenvalue weighted by Gasteiger charge is 2.16. The van der Waals surface area contributed by atoms with Crippen molar-refractivity contribution in [1.29, 1.82) is 0 Å². The van der Waals surface area contributed by atoms with Crippen molar-refractivity contribution in [2.45, 2.75) is 18.9 Å². The molecule has 4 aromatic rings. The van der Waals surface area contributed by atoms with Crippen LogP contribution in [0.2, 0.25) is 0 Å². The molecule has 2 aromatic carbocycles. The highest BCUT2D eigenvalue weighted by molar-refractivity contribution is 5.97. The fourth-order valence-electron chi connectivity index (χ4n) is 3.63. The van der Waals surface area contributed by atoms with Gasteiger partial charge in [-0.25, -0.2) is 0 Å². The number of benzene rings is 2. The first kappa shape index (κ1) is 15.4. The highest BCUT2D eigenvalue weighted by Crippen LogP contribution is 2.34. The van der Waals surface area contributed by atoms with Gasteiger partial charge in [-0.2, -0.15) is 0 Å². The van der Waals surface area contributed by atoms with Crippen LogP contribution in [0.3, 0.4) is 0 Å². The van der Waals surface area contributed by atoms with Gasteiger partial charge in [0.05, 0.1) is 0 Å². The minimum Gasteiger partial charge on any atom is -0.490 e. The van der Waals surface area contributed by atoms with Gasteiger partial charge in [0, 0.05) is 28.7 Å². The number of para-hydroxylation sites is 1. The second-order valence-corrected chi connectivity index (χ2v) is 6.79. The van der Waals surface area contributed by atoms with E-state index in [-0.39, 0.29) is 6.10 Å². The topological polar surface area (TPSA) is 47.3 Å². The molecule has 3 heterocycles. The Morgan fingerprint density at radius 2 is 1.85 bits per heavy atom. The van der Waals surface area contributed by atoms with E-state index < -0.39 is 0 Å². The summed E-state index contributed by atoms with van der Waals surface area (Å²) in [6, 6.07) is 16.4. The number of ether oxygens (including phenoxy) is 1. The van der Waals surface area contributed by atoms with Crippen LogP contribution < -0.4 is 10.1 Å². The molecular formula is C22H20N2O2. The first-order valence-electron chi connectivity index (χ1n) is 9.11. The maximum absolute atomic E-state index is 6.22. The summed E-state index contributed by atoms with van der Waals surface area (Å²) in [7, 11) is 0. The lowest BCUT2D eigenvalue weighted by Gasteiger charge is -2.24. The zero-order chi connectivity index (χ0) is 17.3. The third-order valence-electron chi connectivity index (χ3n) is 5.01. The number of rotatable bonds is 3. The lowest BCUT2D eigenvalue weighted by atomic mass is 10.1. The van der Waals surface area contributed by atoms with E-state index in [0.29, 0.717) is 0 Å². The number of furan rings is 1. The summed E-state index contributed by atoms with van der Waals surface area (Å²) >= 11 is 0. The van der Waals surface area contributed by atoms with Gasteiger partial charge in [-0.1, -0.05) is 18.2 Å². The molecule has 0 aliphatic carbocycles. The van der Waals surface area contributed by atoms with E-state index >= 15 is 0 Å². The standard InChI is InChI=1S/C22H20N2O2/c1-2-4-21-15(3-1)11-22(26-21)20-14-24-13-16-5-6-18(12-19(16)20)25-17-7-9-23-10-8-17/h1-6,11-14,17,23H,7-10H2. The molecule has 1 aliphatic rings. The summed E-state index contributed by atoms with van der Waals surface area (Å²) in [5.74, 6) is 1.75. The number of hydrogen-bond acceptors (Lipinski definition) is 4. The van der Waals surface area contributed by atoms with Gasteiger partial charge in [0.25, 0.3) is 0 Å². The third kappa shape index (κ3) is 2.82. The van der Waals surface area contributed by atoms with E-state index in [9.17, 15) is 0 Å². The summed E-state index contributed by atoms with van der Waals surface area (Å²) in [6.45, 7) is 2.04. The molecule has 4 heteroatoms. The van der Waals surface area contributed by atoms with Gasteiger partial charge in [-0.3, -0.25) is 4.98 Å². The Balaban J connectivity index is 1.57. The smallest absolute Gasteiger partial charge is 0.137 e. The van der Waals surface area contributed by atoms with Crippen LogP contribution in [0.5, 0.6) is 5.75 Å². The number of nitrogens with zero attached hydrogens (tertiary/aromatic N) is 1. The molecule has 130 valence electrons. The van der Waals surface area contributed by atoms with Gasteiger partial charge in [-0.05, 0) is 61.6 Å². The van der Waals surface area contributed by atoms with Crippen molar-refractivity contribution < 1.29 is 9.15 Å². The van der Waals surface area contributed by atoms with E-state index in [0.717, 1.165) is 64.7 Å². The lowest BCUT2D eigenvalue weighted by molar-refractivity contribution is 0.162. The van der Waals surface area contributed by atoms with Crippen molar-refractivity contribution in [3.8, 4) is 17.1 Å². The molecule has 4 nitrogen and oxygen atoms in total. The van der Waals surface area contributed by atoms with Gasteiger partial charge >= 0.3 is 0 Å². The Kier molecular flexibility index (Phi) is 3.83. The average Bonchev–Trinajstić information content (AvgIpc) is 3.12. The molecule has 0 radical (unpaired) electrons. The molecule has 0 bridgehead atoms. The molecule has 26 heavy (non-hydrogen) atoms. The van der Waals surface area contributed by atoms with Gasteiger partial charge in [0.2, 0.25) is 0 Å². The Bertz CT molecular complexity index is 1030. The second-order valence-electron chi connectivity index (χ2n) is 6.79. The molecule has 1 saturated heterocycles. The van der Waals surface area contributed by atoms with Crippen molar-refractivity contribution in [2.24, 2.45) is 0 Å². The molecular weight excluding hydrogens is 324 g/mol. The van der Waals surface area contributed by atoms with Crippen LogP contribution in [-0.4, -0.2) is 24.2 Å². The Hall–Kier alpha value is -2.85. The number of piperidine rings is 1. The quantitative estimate of drug-likeness (QED) is 0.581. The number of aromatic nitrogens is 1. The zero-order valence-electron chi connectivity index (χ0n) is 14.4. The molecule has 2 aromatic heterocycles. The molecule has 0 spiro atoms. The first-order chi connectivity index (χ1) is 12.9. The molecule has 0 saturated carbocycles. The van der Waals surface area contributed by atoms with Gasteiger partial charge < -0.3 is 14.5 Å². The van der Waals surface area contributed by atoms with Crippen molar-refractivity contribution in [2.75, 3.05) is 13.1 Å². The van der Waals surface area contributed by atoms with E-state index in [1.54, 1.807) is 0 Å². The average molecular weight is 344 g/mol. The van der Waals surface area contributed by atoms with Gasteiger partial charge in [0.15, 0.2) is 0 Å². The minimum absolute atomic E-state index is 0.283. The molecule has 1 aliphatic heterocycles. The monoisotopic (exact) mass is 344 g/mol. The van der Waals surface area contributed by atoms with Crippen LogP contribution >= 0.6 is 0 Å². The fourth-order valence-corrected chi connectivity index (χ4v) is 3.63. The molecule has 1 N–H and O–H groups in total. The zero-order valence-corrected chi connectivity index (χ0v) is 14.4. The predicted molar refractivity (Wildman–Crippen MR) is 103 cm³/mol. The first-order valence-corrected chi connectivity index (χ1v) is 9.11. The fraction of sp³-hybridized carbons (Fsp3) is 0.227. The van der Waals surface area contributed by atoms with Crippen LogP contribution in [0.4, 0.5) is 0 Å². The Labute approximate surface area is 151 Å². The van der Waals surface area contributed by atoms with Gasteiger partial charge in [0.1, 0.15) is 23.2 Å². The number of fused-ring (bicyclic) bond motifs is 2. The van der Waals surface area contributed by atoms with E-state index in [4.69, 9.17) is 9.15 Å². The SMILES string of the molecule is c1ccc2oc(-c3cncc4ccc(OC5CCNCC5)cc34)cc2c1. The second kappa shape index (κ2) is 6.46. The molecule has 5 rings (SSSR count). The maximum atomic E-state index is 6.22. The van der Waals surface area contributed by atoms with Crippen LogP contribution in [-0.2, 0) is 0 Å². The lowest BCUT2D eigenvalue weighted by Crippen LogP contribution is -2.34. The van der Waals surface area contributed by atoms with Crippen LogP contribution in [0, 0.1) is 0 Å². The van der Waals surface area contributed by atoms with Gasteiger partial charge in [-0.15, -0.1) is 0 Å². The van der Waals surface area contributed by atoms with E-state index in [1.165, 1.54) is 0 Å². The summed E-state index contributed by atoms with van der Waals surface area (Å²) in [6.07, 6.45) is 6.13. The predicted octanol–water partition coefficient (Wildman–Crippen LogP) is 4.78. The number of hydrogen-bond donors (Lipinski definition) is 1. The third-order valence-corrected chi connectivity index (χ3v) is 5.01. The van der Waals surface area contributed by atoms with Crippen LogP contribution in [0.15, 0.2) is 65.3 Å². The number of pyridine rings is 1. The highest BCUT2D eigenvalue weighted by atomic mass is 16.5. The molecule has 0 unspecified atom stereocenters. The molecule has 0 amide bonds. The number of nitrogens with one attached hydrogen (secondary N) is 1. The molecule has 1 fully saturated rings. The summed E-state index contributed by atoms with van der Waals surface area (Å²) in [4.78, 5) is 4.40. The largest absolute Gasteiger partial charge is 0.490 e. The Morgan fingerprint density at radius 1 is 0.962 bits per heavy atom. The van der Waals surface area contributed by atoms with Crippen molar-refractivity contribution in [3.63, 3.8) is 0 Å². The van der Waals surface area contributed by atoms with Crippen LogP contribution in [0.1, 0.15) is 12.8 Å². The Morgan fingerprint density at radius 3 is 2.73 bits per heavy atom. The summed E-state index contributed by atoms with van der Waals surface area (Å²) in [5, 5.41) is 6.66. The maximum Gasteiger partial charge on any atom is 0.137 e. The van der Waals surface area contributed by atoms with Crippen molar-refractivity contribution >= 4 is 21.7 Å². The summed E-state index contributed by atoms with van der Waals surface area (Å²) < 4.78 is 12.3. The minimum atomic E-state index is 0.283. The molecule has 0 atom stereocenters. The van der Waals surface area contributed by atoms with Crippen molar-refractivity contribution in [3.05, 3.63) is 60.9 Å². The van der Waals surface area contributed by atoms with Crippen LogP contribution in [0.25, 0.3) is 33.1 Å². The van der Waals surface area contributed by atoms with E-state index in [1.807, 2.05) is 36.7 Å². The summed E-state index contributed by atoms with van der Waals surface area (Å²) in [5.41, 5.74) is 1.89. The van der Waals surface area contributed by atoms with E-state index in [2.05, 4.69) is 34.6 Å². The van der Waals surface area contributed by atoms with Crippen molar-refractivity contribution in [1.82, 2.24) is 10.3 Å². The normalized spacial score (nSPS) is 15.5.